The second-order valence-electron chi connectivity index (χ2n) is 6.31. The lowest BCUT2D eigenvalue weighted by atomic mass is 10.1. The number of hydrogen-bond donors (Lipinski definition) is 0. The molecule has 4 heteroatoms. The zero-order valence-electron chi connectivity index (χ0n) is 12.5. The Labute approximate surface area is 116 Å². The van der Waals surface area contributed by atoms with E-state index in [0.29, 0.717) is 6.42 Å². The van der Waals surface area contributed by atoms with E-state index in [2.05, 4.69) is 45.4 Å². The quantitative estimate of drug-likeness (QED) is 0.437. The summed E-state index contributed by atoms with van der Waals surface area (Å²) >= 11 is 0. The lowest BCUT2D eigenvalue weighted by Crippen LogP contribution is -2.41. The lowest BCUT2D eigenvalue weighted by molar-refractivity contribution is 0.186. The Balaban J connectivity index is 2.96. The first kappa shape index (κ1) is 16.1. The summed E-state index contributed by atoms with van der Waals surface area (Å²) in [7, 11) is -1.87. The van der Waals surface area contributed by atoms with E-state index in [9.17, 15) is 4.39 Å². The predicted octanol–water partition coefficient (Wildman–Crippen LogP) is 4.86. The third kappa shape index (κ3) is 4.25. The van der Waals surface area contributed by atoms with Gasteiger partial charge in [0.15, 0.2) is 8.32 Å². The molecule has 2 nitrogen and oxygen atoms in total. The van der Waals surface area contributed by atoms with E-state index in [1.807, 2.05) is 6.08 Å². The SMILES string of the molecule is C=CCC(O[Si](C)(C)C(C)(C)C)c1ccc(F)nc1. The molecule has 0 amide bonds. The van der Waals surface area contributed by atoms with E-state index in [4.69, 9.17) is 4.43 Å². The van der Waals surface area contributed by atoms with Gasteiger partial charge in [-0.2, -0.15) is 4.39 Å². The number of aromatic nitrogens is 1. The first-order valence-electron chi connectivity index (χ1n) is 6.57. The number of hydrogen-bond acceptors (Lipinski definition) is 2. The lowest BCUT2D eigenvalue weighted by Gasteiger charge is -2.39. The highest BCUT2D eigenvalue weighted by Crippen LogP contribution is 2.40. The Kier molecular flexibility index (Phi) is 5.04. The molecule has 0 aliphatic rings. The van der Waals surface area contributed by atoms with Crippen molar-refractivity contribution >= 4 is 8.32 Å². The van der Waals surface area contributed by atoms with Crippen molar-refractivity contribution in [2.45, 2.75) is 51.4 Å². The summed E-state index contributed by atoms with van der Waals surface area (Å²) in [6.07, 6.45) is 4.00. The van der Waals surface area contributed by atoms with Gasteiger partial charge >= 0.3 is 0 Å². The maximum absolute atomic E-state index is 12.9. The minimum Gasteiger partial charge on any atom is -0.410 e. The first-order valence-corrected chi connectivity index (χ1v) is 9.48. The predicted molar refractivity (Wildman–Crippen MR) is 80.0 cm³/mol. The Hall–Kier alpha value is -1.00. The molecule has 0 aliphatic carbocycles. The van der Waals surface area contributed by atoms with Crippen molar-refractivity contribution in [2.24, 2.45) is 0 Å². The van der Waals surface area contributed by atoms with Gasteiger partial charge in [-0.1, -0.05) is 32.9 Å². The molecule has 1 atom stereocenters. The van der Waals surface area contributed by atoms with Crippen molar-refractivity contribution in [3.05, 3.63) is 42.5 Å². The van der Waals surface area contributed by atoms with Crippen molar-refractivity contribution in [3.8, 4) is 0 Å². The Morgan fingerprint density at radius 2 is 2.05 bits per heavy atom. The molecular formula is C15H24FNOSi. The fraction of sp³-hybridized carbons (Fsp3) is 0.533. The van der Waals surface area contributed by atoms with Crippen LogP contribution in [-0.2, 0) is 4.43 Å². The van der Waals surface area contributed by atoms with Crippen LogP contribution >= 0.6 is 0 Å². The smallest absolute Gasteiger partial charge is 0.212 e. The van der Waals surface area contributed by atoms with Crippen LogP contribution in [0.3, 0.4) is 0 Å². The van der Waals surface area contributed by atoms with Gasteiger partial charge in [-0.3, -0.25) is 0 Å². The summed E-state index contributed by atoms with van der Waals surface area (Å²) in [4.78, 5) is 3.71. The molecule has 1 rings (SSSR count). The number of nitrogens with zero attached hydrogens (tertiary/aromatic N) is 1. The number of pyridine rings is 1. The van der Waals surface area contributed by atoms with E-state index in [1.54, 1.807) is 12.3 Å². The molecule has 0 radical (unpaired) electrons. The van der Waals surface area contributed by atoms with Gasteiger partial charge < -0.3 is 4.43 Å². The summed E-state index contributed by atoms with van der Waals surface area (Å²) in [5, 5.41) is 0.139. The molecule has 1 heterocycles. The van der Waals surface area contributed by atoms with Crippen LogP contribution in [0.15, 0.2) is 31.0 Å². The number of halogens is 1. The van der Waals surface area contributed by atoms with Gasteiger partial charge in [0.05, 0.1) is 6.10 Å². The minimum absolute atomic E-state index is 0.0912. The molecule has 106 valence electrons. The molecule has 0 saturated heterocycles. The topological polar surface area (TPSA) is 22.1 Å². The van der Waals surface area contributed by atoms with Crippen molar-refractivity contribution in [1.82, 2.24) is 4.98 Å². The maximum Gasteiger partial charge on any atom is 0.212 e. The van der Waals surface area contributed by atoms with Crippen molar-refractivity contribution in [3.63, 3.8) is 0 Å². The van der Waals surface area contributed by atoms with Gasteiger partial charge in [0.1, 0.15) is 0 Å². The fourth-order valence-electron chi connectivity index (χ4n) is 1.51. The summed E-state index contributed by atoms with van der Waals surface area (Å²) < 4.78 is 19.3. The van der Waals surface area contributed by atoms with Crippen molar-refractivity contribution in [2.75, 3.05) is 0 Å². The van der Waals surface area contributed by atoms with Crippen LogP contribution in [0.1, 0.15) is 38.9 Å². The molecule has 0 fully saturated rings. The average Bonchev–Trinajstić information content (AvgIpc) is 2.27. The van der Waals surface area contributed by atoms with Gasteiger partial charge in [0.25, 0.3) is 0 Å². The average molecular weight is 281 g/mol. The van der Waals surface area contributed by atoms with Crippen molar-refractivity contribution < 1.29 is 8.82 Å². The molecule has 0 spiro atoms. The summed E-state index contributed by atoms with van der Waals surface area (Å²) in [5.41, 5.74) is 0.908. The van der Waals surface area contributed by atoms with E-state index in [1.165, 1.54) is 6.07 Å². The molecule has 1 aromatic heterocycles. The molecule has 0 bridgehead atoms. The molecule has 0 saturated carbocycles. The fourth-order valence-corrected chi connectivity index (χ4v) is 2.81. The monoisotopic (exact) mass is 281 g/mol. The van der Waals surface area contributed by atoms with E-state index in [0.717, 1.165) is 5.56 Å². The molecular weight excluding hydrogens is 257 g/mol. The molecule has 0 N–H and O–H groups in total. The third-order valence-corrected chi connectivity index (χ3v) is 8.23. The van der Waals surface area contributed by atoms with Gasteiger partial charge in [-0.25, -0.2) is 4.98 Å². The van der Waals surface area contributed by atoms with Gasteiger partial charge in [-0.15, -0.1) is 6.58 Å². The van der Waals surface area contributed by atoms with Crippen LogP contribution in [0, 0.1) is 5.95 Å². The minimum atomic E-state index is -1.87. The van der Waals surface area contributed by atoms with Gasteiger partial charge in [0.2, 0.25) is 5.95 Å². The molecule has 1 unspecified atom stereocenters. The highest BCUT2D eigenvalue weighted by atomic mass is 28.4. The van der Waals surface area contributed by atoms with Crippen LogP contribution in [0.4, 0.5) is 4.39 Å². The summed E-state index contributed by atoms with van der Waals surface area (Å²) in [6, 6.07) is 3.12. The van der Waals surface area contributed by atoms with E-state index < -0.39 is 14.3 Å². The van der Waals surface area contributed by atoms with Gasteiger partial charge in [-0.05, 0) is 36.2 Å². The highest BCUT2D eigenvalue weighted by molar-refractivity contribution is 6.74. The molecule has 19 heavy (non-hydrogen) atoms. The summed E-state index contributed by atoms with van der Waals surface area (Å²) in [6.45, 7) is 14.8. The van der Waals surface area contributed by atoms with E-state index >= 15 is 0 Å². The Bertz CT molecular complexity index is 423. The van der Waals surface area contributed by atoms with Crippen LogP contribution in [0.2, 0.25) is 18.1 Å². The normalized spacial score (nSPS) is 14.2. The largest absolute Gasteiger partial charge is 0.410 e. The first-order chi connectivity index (χ1) is 8.67. The second-order valence-corrected chi connectivity index (χ2v) is 11.1. The van der Waals surface area contributed by atoms with Gasteiger partial charge in [0, 0.05) is 6.20 Å². The van der Waals surface area contributed by atoms with Crippen LogP contribution in [0.5, 0.6) is 0 Å². The van der Waals surface area contributed by atoms with Crippen molar-refractivity contribution in [1.29, 1.82) is 0 Å². The maximum atomic E-state index is 12.9. The molecule has 0 aromatic carbocycles. The highest BCUT2D eigenvalue weighted by Gasteiger charge is 2.39. The molecule has 1 aromatic rings. The standard InChI is InChI=1S/C15H24FNOSi/c1-7-8-13(12-9-10-14(16)17-11-12)18-19(5,6)15(2,3)4/h7,9-11,13H,1,8H2,2-6H3. The van der Waals surface area contributed by atoms with E-state index in [-0.39, 0.29) is 11.1 Å². The Morgan fingerprint density at radius 1 is 1.42 bits per heavy atom. The molecule has 0 aliphatic heterocycles. The Morgan fingerprint density at radius 3 is 2.47 bits per heavy atom. The third-order valence-electron chi connectivity index (χ3n) is 3.75. The number of rotatable bonds is 5. The van der Waals surface area contributed by atoms with Crippen LogP contribution in [0.25, 0.3) is 0 Å². The van der Waals surface area contributed by atoms with Crippen LogP contribution in [-0.4, -0.2) is 13.3 Å². The zero-order chi connectivity index (χ0) is 14.7. The van der Waals surface area contributed by atoms with Crippen LogP contribution < -0.4 is 0 Å². The summed E-state index contributed by atoms with van der Waals surface area (Å²) in [5.74, 6) is -0.464. The zero-order valence-corrected chi connectivity index (χ0v) is 13.5. The second kappa shape index (κ2) is 5.97.